The van der Waals surface area contributed by atoms with E-state index in [1.807, 2.05) is 31.2 Å². The molecule has 0 saturated carbocycles. The van der Waals surface area contributed by atoms with E-state index < -0.39 is 0 Å². The Labute approximate surface area is 82.4 Å². The molecule has 0 atom stereocenters. The van der Waals surface area contributed by atoms with E-state index in [4.69, 9.17) is 10.3 Å². The fourth-order valence-corrected chi connectivity index (χ4v) is 1.09. The smallest absolute Gasteiger partial charge is 0.118 e. The maximum atomic E-state index is 8.32. The van der Waals surface area contributed by atoms with Crippen LogP contribution >= 0.6 is 0 Å². The van der Waals surface area contributed by atoms with Crippen LogP contribution in [0.1, 0.15) is 12.5 Å². The molecule has 1 aromatic rings. The molecule has 0 aromatic heterocycles. The molecular formula is C10H11N3O. The summed E-state index contributed by atoms with van der Waals surface area (Å²) in [5.41, 5.74) is 9.82. The molecule has 0 radical (unpaired) electrons. The largest absolute Gasteiger partial charge is 0.497 e. The molecule has 0 aliphatic carbocycles. The molecule has 0 saturated heterocycles. The Kier molecular flexibility index (Phi) is 3.58. The zero-order valence-electron chi connectivity index (χ0n) is 8.14. The van der Waals surface area contributed by atoms with Crippen molar-refractivity contribution < 1.29 is 4.74 Å². The van der Waals surface area contributed by atoms with Gasteiger partial charge in [0.2, 0.25) is 0 Å². The predicted molar refractivity (Wildman–Crippen MR) is 55.8 cm³/mol. The molecule has 0 bridgehead atoms. The molecule has 0 spiro atoms. The first-order valence-electron chi connectivity index (χ1n) is 4.17. The van der Waals surface area contributed by atoms with Crippen molar-refractivity contribution in [3.8, 4) is 5.75 Å². The highest BCUT2D eigenvalue weighted by Crippen LogP contribution is 2.19. The van der Waals surface area contributed by atoms with E-state index >= 15 is 0 Å². The van der Waals surface area contributed by atoms with Crippen molar-refractivity contribution in [2.24, 2.45) is 5.11 Å². The van der Waals surface area contributed by atoms with Gasteiger partial charge in [-0.25, -0.2) is 0 Å². The quantitative estimate of drug-likeness (QED) is 0.408. The fourth-order valence-electron chi connectivity index (χ4n) is 1.09. The van der Waals surface area contributed by atoms with Crippen LogP contribution in [0.3, 0.4) is 0 Å². The Hall–Kier alpha value is -1.93. The van der Waals surface area contributed by atoms with Gasteiger partial charge in [0.25, 0.3) is 0 Å². The first-order valence-corrected chi connectivity index (χ1v) is 4.17. The number of rotatable bonds is 3. The predicted octanol–water partition coefficient (Wildman–Crippen LogP) is 3.37. The highest BCUT2D eigenvalue weighted by atomic mass is 16.5. The molecule has 0 fully saturated rings. The van der Waals surface area contributed by atoms with Crippen LogP contribution in [0.5, 0.6) is 5.75 Å². The summed E-state index contributed by atoms with van der Waals surface area (Å²) >= 11 is 0. The summed E-state index contributed by atoms with van der Waals surface area (Å²) < 4.78 is 5.02. The number of azide groups is 1. The second-order valence-corrected chi connectivity index (χ2v) is 2.59. The van der Waals surface area contributed by atoms with Crippen LogP contribution in [0, 0.1) is 0 Å². The molecule has 14 heavy (non-hydrogen) atoms. The minimum Gasteiger partial charge on any atom is -0.497 e. The Balaban J connectivity index is 3.01. The van der Waals surface area contributed by atoms with Gasteiger partial charge >= 0.3 is 0 Å². The third-order valence-electron chi connectivity index (χ3n) is 1.81. The molecular weight excluding hydrogens is 178 g/mol. The highest BCUT2D eigenvalue weighted by Gasteiger charge is 1.97. The summed E-state index contributed by atoms with van der Waals surface area (Å²) in [4.78, 5) is 2.75. The fraction of sp³-hybridized carbons (Fsp3) is 0.200. The molecule has 0 heterocycles. The summed E-state index contributed by atoms with van der Waals surface area (Å²) in [5, 5.41) is 3.57. The van der Waals surface area contributed by atoms with E-state index in [0.717, 1.165) is 11.3 Å². The van der Waals surface area contributed by atoms with E-state index in [9.17, 15) is 0 Å². The van der Waals surface area contributed by atoms with E-state index in [1.165, 1.54) is 0 Å². The van der Waals surface area contributed by atoms with Crippen LogP contribution in [0.2, 0.25) is 0 Å². The highest BCUT2D eigenvalue weighted by molar-refractivity contribution is 5.64. The van der Waals surface area contributed by atoms with Crippen LogP contribution in [0.25, 0.3) is 16.1 Å². The van der Waals surface area contributed by atoms with Gasteiger partial charge in [0.05, 0.1) is 7.11 Å². The number of nitrogens with zero attached hydrogens (tertiary/aromatic N) is 3. The lowest BCUT2D eigenvalue weighted by atomic mass is 10.1. The van der Waals surface area contributed by atoms with Crippen LogP contribution in [-0.2, 0) is 0 Å². The zero-order valence-corrected chi connectivity index (χ0v) is 8.14. The molecule has 0 amide bonds. The maximum absolute atomic E-state index is 8.32. The van der Waals surface area contributed by atoms with Gasteiger partial charge in [0.15, 0.2) is 0 Å². The monoisotopic (exact) mass is 189 g/mol. The summed E-state index contributed by atoms with van der Waals surface area (Å²) in [6.07, 6.45) is 1.77. The molecule has 0 N–H and O–H groups in total. The van der Waals surface area contributed by atoms with Gasteiger partial charge in [-0.15, -0.1) is 0 Å². The second kappa shape index (κ2) is 4.94. The Bertz CT molecular complexity index is 375. The minimum atomic E-state index is 0.621. The number of ether oxygens (including phenoxy) is 1. The lowest BCUT2D eigenvalue weighted by molar-refractivity contribution is 0.415. The average Bonchev–Trinajstić information content (AvgIpc) is 2.26. The normalized spacial score (nSPS) is 10.6. The average molecular weight is 189 g/mol. The third-order valence-corrected chi connectivity index (χ3v) is 1.81. The van der Waals surface area contributed by atoms with Crippen molar-refractivity contribution in [3.05, 3.63) is 46.3 Å². The van der Waals surface area contributed by atoms with Gasteiger partial charge in [-0.3, -0.25) is 0 Å². The van der Waals surface area contributed by atoms with E-state index in [1.54, 1.807) is 13.2 Å². The molecule has 1 aromatic carbocycles. The van der Waals surface area contributed by atoms with Crippen molar-refractivity contribution in [2.45, 2.75) is 6.92 Å². The molecule has 4 nitrogen and oxygen atoms in total. The lowest BCUT2D eigenvalue weighted by Crippen LogP contribution is -1.83. The lowest BCUT2D eigenvalue weighted by Gasteiger charge is -2.02. The number of hydrogen-bond acceptors (Lipinski definition) is 2. The summed E-state index contributed by atoms with van der Waals surface area (Å²) in [7, 11) is 1.61. The van der Waals surface area contributed by atoms with Gasteiger partial charge in [0, 0.05) is 10.6 Å². The molecule has 0 aliphatic heterocycles. The minimum absolute atomic E-state index is 0.621. The number of benzene rings is 1. The molecule has 4 heteroatoms. The van der Waals surface area contributed by atoms with Crippen LogP contribution in [0.4, 0.5) is 0 Å². The van der Waals surface area contributed by atoms with Gasteiger partial charge in [-0.2, -0.15) is 0 Å². The van der Waals surface area contributed by atoms with Gasteiger partial charge < -0.3 is 4.74 Å². The summed E-state index contributed by atoms with van der Waals surface area (Å²) in [6, 6.07) is 7.35. The van der Waals surface area contributed by atoms with Crippen LogP contribution < -0.4 is 4.74 Å². The van der Waals surface area contributed by atoms with Crippen molar-refractivity contribution >= 4 is 5.70 Å². The van der Waals surface area contributed by atoms with E-state index in [2.05, 4.69) is 10.0 Å². The van der Waals surface area contributed by atoms with Gasteiger partial charge in [-0.1, -0.05) is 23.3 Å². The van der Waals surface area contributed by atoms with Crippen LogP contribution in [-0.4, -0.2) is 7.11 Å². The Morgan fingerprint density at radius 1 is 1.43 bits per heavy atom. The van der Waals surface area contributed by atoms with E-state index in [-0.39, 0.29) is 0 Å². The van der Waals surface area contributed by atoms with Crippen LogP contribution in [0.15, 0.2) is 35.5 Å². The standard InChI is InChI=1S/C10H11N3O/c1-3-10(12-13-11)8-4-6-9(14-2)7-5-8/h3-7H,1-2H3/b10-3+. The first kappa shape index (κ1) is 10.2. The number of allylic oxidation sites excluding steroid dienone is 1. The van der Waals surface area contributed by atoms with E-state index in [0.29, 0.717) is 5.70 Å². The Morgan fingerprint density at radius 2 is 2.07 bits per heavy atom. The summed E-state index contributed by atoms with van der Waals surface area (Å²) in [6.45, 7) is 1.83. The Morgan fingerprint density at radius 3 is 2.50 bits per heavy atom. The zero-order chi connectivity index (χ0) is 10.4. The van der Waals surface area contributed by atoms with Crippen molar-refractivity contribution in [1.82, 2.24) is 0 Å². The maximum Gasteiger partial charge on any atom is 0.118 e. The van der Waals surface area contributed by atoms with Gasteiger partial charge in [-0.05, 0) is 30.2 Å². The molecule has 72 valence electrons. The van der Waals surface area contributed by atoms with Crippen molar-refractivity contribution in [2.75, 3.05) is 7.11 Å². The van der Waals surface area contributed by atoms with Crippen molar-refractivity contribution in [1.29, 1.82) is 0 Å². The first-order chi connectivity index (χ1) is 6.81. The third kappa shape index (κ3) is 2.28. The second-order valence-electron chi connectivity index (χ2n) is 2.59. The molecule has 0 aliphatic rings. The topological polar surface area (TPSA) is 58.0 Å². The SMILES string of the molecule is C/C=C(/N=[N+]=[N-])c1ccc(OC)cc1. The van der Waals surface area contributed by atoms with Crippen molar-refractivity contribution in [3.63, 3.8) is 0 Å². The number of hydrogen-bond donors (Lipinski definition) is 0. The number of methoxy groups -OCH3 is 1. The summed E-state index contributed by atoms with van der Waals surface area (Å²) in [5.74, 6) is 0.783. The molecule has 1 rings (SSSR count). The van der Waals surface area contributed by atoms with Gasteiger partial charge in [0.1, 0.15) is 5.75 Å². The molecule has 0 unspecified atom stereocenters.